The molecule has 0 fully saturated rings. The lowest BCUT2D eigenvalue weighted by atomic mass is 10.1. The summed E-state index contributed by atoms with van der Waals surface area (Å²) < 4.78 is 1.88. The van der Waals surface area contributed by atoms with Crippen LogP contribution < -0.4 is 5.73 Å². The molecule has 0 radical (unpaired) electrons. The smallest absolute Gasteiger partial charge is 0.123 e. The summed E-state index contributed by atoms with van der Waals surface area (Å²) in [5.74, 6) is 1.84. The van der Waals surface area contributed by atoms with Crippen LogP contribution in [-0.2, 0) is 5.54 Å². The topological polar surface area (TPSA) is 43.8 Å². The highest BCUT2D eigenvalue weighted by Gasteiger charge is 2.17. The van der Waals surface area contributed by atoms with Gasteiger partial charge in [0.1, 0.15) is 10.8 Å². The second kappa shape index (κ2) is 4.26. The summed E-state index contributed by atoms with van der Waals surface area (Å²) in [7, 11) is 0. The zero-order valence-corrected chi connectivity index (χ0v) is 10.2. The van der Waals surface area contributed by atoms with Crippen LogP contribution in [0.5, 0.6) is 0 Å². The molecule has 0 atom stereocenters. The summed E-state index contributed by atoms with van der Waals surface area (Å²) in [6.07, 6.45) is 1.16. The van der Waals surface area contributed by atoms with E-state index in [1.807, 2.05) is 10.7 Å². The average Bonchev–Trinajstić information content (AvgIpc) is 2.42. The lowest BCUT2D eigenvalue weighted by Crippen LogP contribution is -2.24. The highest BCUT2D eigenvalue weighted by molar-refractivity contribution is 7.99. The maximum absolute atomic E-state index is 5.89. The van der Waals surface area contributed by atoms with E-state index in [2.05, 4.69) is 32.8 Å². The maximum Gasteiger partial charge on any atom is 0.123 e. The van der Waals surface area contributed by atoms with Gasteiger partial charge in [0.2, 0.25) is 0 Å². The van der Waals surface area contributed by atoms with Crippen LogP contribution in [0.25, 0.3) is 0 Å². The van der Waals surface area contributed by atoms with Gasteiger partial charge >= 0.3 is 0 Å². The molecule has 4 heteroatoms. The summed E-state index contributed by atoms with van der Waals surface area (Å²) in [5, 5.41) is 5.50. The second-order valence-corrected chi connectivity index (χ2v) is 5.45. The number of nitrogens with zero attached hydrogens (tertiary/aromatic N) is 2. The zero-order valence-electron chi connectivity index (χ0n) is 9.37. The standard InChI is InChI=1S/C10H19N3S/c1-5-6-14-9-7-8(11)13(12-9)10(2,3)4/h7H,5-6,11H2,1-4H3. The molecular formula is C10H19N3S. The van der Waals surface area contributed by atoms with Crippen LogP contribution in [0.1, 0.15) is 34.1 Å². The third-order valence-corrected chi connectivity index (χ3v) is 2.91. The Morgan fingerprint density at radius 3 is 2.57 bits per heavy atom. The minimum absolute atomic E-state index is 0.0326. The van der Waals surface area contributed by atoms with E-state index in [-0.39, 0.29) is 5.54 Å². The van der Waals surface area contributed by atoms with Crippen LogP contribution in [0.4, 0.5) is 5.82 Å². The van der Waals surface area contributed by atoms with E-state index in [0.29, 0.717) is 0 Å². The van der Waals surface area contributed by atoms with Crippen LogP contribution in [0.2, 0.25) is 0 Å². The van der Waals surface area contributed by atoms with Crippen LogP contribution in [0, 0.1) is 0 Å². The Morgan fingerprint density at radius 1 is 1.50 bits per heavy atom. The molecule has 0 saturated heterocycles. The highest BCUT2D eigenvalue weighted by atomic mass is 32.2. The number of anilines is 1. The van der Waals surface area contributed by atoms with Crippen LogP contribution in [-0.4, -0.2) is 15.5 Å². The molecule has 1 heterocycles. The van der Waals surface area contributed by atoms with E-state index in [4.69, 9.17) is 5.73 Å². The molecule has 0 spiro atoms. The molecule has 0 bridgehead atoms. The summed E-state index contributed by atoms with van der Waals surface area (Å²) in [6.45, 7) is 8.47. The molecule has 0 amide bonds. The van der Waals surface area contributed by atoms with E-state index in [1.54, 1.807) is 11.8 Å². The van der Waals surface area contributed by atoms with Crippen molar-refractivity contribution in [1.82, 2.24) is 9.78 Å². The van der Waals surface area contributed by atoms with Crippen molar-refractivity contribution in [1.29, 1.82) is 0 Å². The summed E-state index contributed by atoms with van der Waals surface area (Å²) in [5.41, 5.74) is 5.85. The molecule has 0 saturated carbocycles. The third-order valence-electron chi connectivity index (χ3n) is 1.80. The number of hydrogen-bond donors (Lipinski definition) is 1. The van der Waals surface area contributed by atoms with Gasteiger partial charge in [0.25, 0.3) is 0 Å². The number of hydrogen-bond acceptors (Lipinski definition) is 3. The first-order valence-electron chi connectivity index (χ1n) is 4.94. The van der Waals surface area contributed by atoms with Crippen LogP contribution >= 0.6 is 11.8 Å². The number of nitrogen functional groups attached to an aromatic ring is 1. The van der Waals surface area contributed by atoms with Gasteiger partial charge in [0.15, 0.2) is 0 Å². The van der Waals surface area contributed by atoms with Crippen LogP contribution in [0.15, 0.2) is 11.1 Å². The van der Waals surface area contributed by atoms with Gasteiger partial charge in [-0.1, -0.05) is 6.92 Å². The summed E-state index contributed by atoms with van der Waals surface area (Å²) in [6, 6.07) is 1.95. The largest absolute Gasteiger partial charge is 0.384 e. The molecule has 0 unspecified atom stereocenters. The molecule has 0 aliphatic carbocycles. The Kier molecular flexibility index (Phi) is 3.48. The molecule has 14 heavy (non-hydrogen) atoms. The van der Waals surface area contributed by atoms with Gasteiger partial charge in [0, 0.05) is 6.07 Å². The molecule has 3 nitrogen and oxygen atoms in total. The van der Waals surface area contributed by atoms with E-state index < -0.39 is 0 Å². The monoisotopic (exact) mass is 213 g/mol. The fourth-order valence-electron chi connectivity index (χ4n) is 1.19. The quantitative estimate of drug-likeness (QED) is 0.785. The predicted molar refractivity (Wildman–Crippen MR) is 62.7 cm³/mol. The van der Waals surface area contributed by atoms with Gasteiger partial charge in [-0.05, 0) is 32.9 Å². The molecule has 2 N–H and O–H groups in total. The Balaban J connectivity index is 2.83. The van der Waals surface area contributed by atoms with Gasteiger partial charge in [-0.2, -0.15) is 5.10 Å². The fraction of sp³-hybridized carbons (Fsp3) is 0.700. The Morgan fingerprint density at radius 2 is 2.14 bits per heavy atom. The Labute approximate surface area is 90.1 Å². The minimum atomic E-state index is -0.0326. The number of thioether (sulfide) groups is 1. The summed E-state index contributed by atoms with van der Waals surface area (Å²) in [4.78, 5) is 0. The fourth-order valence-corrected chi connectivity index (χ4v) is 1.94. The lowest BCUT2D eigenvalue weighted by Gasteiger charge is -2.20. The summed E-state index contributed by atoms with van der Waals surface area (Å²) >= 11 is 1.76. The van der Waals surface area contributed by atoms with Crippen molar-refractivity contribution < 1.29 is 0 Å². The van der Waals surface area contributed by atoms with Crippen molar-refractivity contribution >= 4 is 17.6 Å². The van der Waals surface area contributed by atoms with Crippen molar-refractivity contribution in [2.45, 2.75) is 44.7 Å². The van der Waals surface area contributed by atoms with Gasteiger partial charge in [-0.15, -0.1) is 11.8 Å². The van der Waals surface area contributed by atoms with Crippen molar-refractivity contribution in [2.24, 2.45) is 0 Å². The van der Waals surface area contributed by atoms with E-state index in [1.165, 1.54) is 0 Å². The normalized spacial score (nSPS) is 12.0. The van der Waals surface area contributed by atoms with Crippen molar-refractivity contribution in [3.63, 3.8) is 0 Å². The van der Waals surface area contributed by atoms with E-state index in [9.17, 15) is 0 Å². The van der Waals surface area contributed by atoms with Gasteiger partial charge in [-0.3, -0.25) is 0 Å². The number of nitrogens with two attached hydrogens (primary N) is 1. The minimum Gasteiger partial charge on any atom is -0.384 e. The molecule has 1 rings (SSSR count). The van der Waals surface area contributed by atoms with E-state index >= 15 is 0 Å². The predicted octanol–water partition coefficient (Wildman–Crippen LogP) is 2.72. The van der Waals surface area contributed by atoms with Crippen molar-refractivity contribution in [2.75, 3.05) is 11.5 Å². The van der Waals surface area contributed by atoms with Gasteiger partial charge < -0.3 is 5.73 Å². The molecule has 0 aliphatic rings. The lowest BCUT2D eigenvalue weighted by molar-refractivity contribution is 0.356. The average molecular weight is 213 g/mol. The van der Waals surface area contributed by atoms with Crippen molar-refractivity contribution in [3.8, 4) is 0 Å². The number of rotatable bonds is 3. The van der Waals surface area contributed by atoms with Crippen LogP contribution in [0.3, 0.4) is 0 Å². The van der Waals surface area contributed by atoms with Gasteiger partial charge in [0.05, 0.1) is 5.54 Å². The second-order valence-electron chi connectivity index (χ2n) is 4.34. The molecule has 0 aliphatic heterocycles. The first-order chi connectivity index (χ1) is 6.45. The van der Waals surface area contributed by atoms with Crippen molar-refractivity contribution in [3.05, 3.63) is 6.07 Å². The highest BCUT2D eigenvalue weighted by Crippen LogP contribution is 2.24. The molecular weight excluding hydrogens is 194 g/mol. The zero-order chi connectivity index (χ0) is 10.8. The molecule has 1 aromatic heterocycles. The SMILES string of the molecule is CCCSc1cc(N)n(C(C)(C)C)n1. The third kappa shape index (κ3) is 2.67. The molecule has 1 aromatic rings. The maximum atomic E-state index is 5.89. The Hall–Kier alpha value is -0.640. The molecule has 0 aromatic carbocycles. The molecule has 80 valence electrons. The number of aromatic nitrogens is 2. The van der Waals surface area contributed by atoms with Gasteiger partial charge in [-0.25, -0.2) is 4.68 Å². The Bertz CT molecular complexity index is 299. The first-order valence-corrected chi connectivity index (χ1v) is 5.92. The first kappa shape index (κ1) is 11.4. The van der Waals surface area contributed by atoms with E-state index in [0.717, 1.165) is 23.0 Å².